The highest BCUT2D eigenvalue weighted by molar-refractivity contribution is 5.76. The Morgan fingerprint density at radius 1 is 0.677 bits per heavy atom. The molecule has 0 fully saturated rings. The zero-order valence-corrected chi connectivity index (χ0v) is 16.9. The Labute approximate surface area is 181 Å². The van der Waals surface area contributed by atoms with Gasteiger partial charge in [0, 0.05) is 22.3 Å². The van der Waals surface area contributed by atoms with Crippen LogP contribution in [0, 0.1) is 5.82 Å². The van der Waals surface area contributed by atoms with Crippen molar-refractivity contribution >= 4 is 5.57 Å². The molecule has 0 unspecified atom stereocenters. The normalized spacial score (nSPS) is 11.2. The number of aromatic nitrogens is 3. The highest BCUT2D eigenvalue weighted by Gasteiger charge is 2.14. The molecule has 4 rings (SSSR count). The van der Waals surface area contributed by atoms with Gasteiger partial charge in [0.15, 0.2) is 17.5 Å². The Balaban J connectivity index is 1.86. The maximum absolute atomic E-state index is 14.9. The second kappa shape index (κ2) is 9.09. The molecular formula is C27H20FN3. The first kappa shape index (κ1) is 20.1. The smallest absolute Gasteiger partial charge is 0.164 e. The monoisotopic (exact) mass is 405 g/mol. The molecule has 0 aliphatic rings. The second-order valence-corrected chi connectivity index (χ2v) is 6.79. The van der Waals surface area contributed by atoms with Gasteiger partial charge in [0.2, 0.25) is 0 Å². The van der Waals surface area contributed by atoms with E-state index in [1.165, 1.54) is 6.07 Å². The SMILES string of the molecule is C=C/C=C(\C=C)c1ccc(-c2nc(-c3ccccc3)nc(-c3ccccc3)n2)cc1F. The van der Waals surface area contributed by atoms with E-state index < -0.39 is 0 Å². The van der Waals surface area contributed by atoms with Gasteiger partial charge in [-0.1, -0.05) is 104 Å². The first-order valence-corrected chi connectivity index (χ1v) is 9.82. The van der Waals surface area contributed by atoms with E-state index in [1.54, 1.807) is 30.4 Å². The number of hydrogen-bond donors (Lipinski definition) is 0. The molecule has 1 heterocycles. The van der Waals surface area contributed by atoms with Crippen molar-refractivity contribution in [3.05, 3.63) is 122 Å². The standard InChI is InChI=1S/C27H20FN3/c1-3-11-19(4-2)23-17-16-22(18-24(23)28)27-30-25(20-12-7-5-8-13-20)29-26(31-27)21-14-9-6-10-15-21/h3-18H,1-2H2/b19-11+. The molecular weight excluding hydrogens is 385 g/mol. The van der Waals surface area contributed by atoms with E-state index in [4.69, 9.17) is 0 Å². The maximum Gasteiger partial charge on any atom is 0.164 e. The molecule has 0 atom stereocenters. The molecule has 0 aliphatic heterocycles. The van der Waals surface area contributed by atoms with Crippen LogP contribution >= 0.6 is 0 Å². The van der Waals surface area contributed by atoms with Gasteiger partial charge in [0.25, 0.3) is 0 Å². The van der Waals surface area contributed by atoms with Crippen LogP contribution in [-0.4, -0.2) is 15.0 Å². The molecule has 0 radical (unpaired) electrons. The van der Waals surface area contributed by atoms with Crippen LogP contribution in [0.3, 0.4) is 0 Å². The minimum absolute atomic E-state index is 0.381. The lowest BCUT2D eigenvalue weighted by molar-refractivity contribution is 0.624. The number of nitrogens with zero attached hydrogens (tertiary/aromatic N) is 3. The molecule has 4 heteroatoms. The lowest BCUT2D eigenvalue weighted by atomic mass is 10.0. The third-order valence-corrected chi connectivity index (χ3v) is 4.75. The lowest BCUT2D eigenvalue weighted by Gasteiger charge is -2.10. The van der Waals surface area contributed by atoms with Crippen LogP contribution in [0.4, 0.5) is 4.39 Å². The highest BCUT2D eigenvalue weighted by Crippen LogP contribution is 2.27. The van der Waals surface area contributed by atoms with Crippen LogP contribution in [0.2, 0.25) is 0 Å². The minimum Gasteiger partial charge on any atom is -0.208 e. The quantitative estimate of drug-likeness (QED) is 0.332. The Morgan fingerprint density at radius 3 is 1.65 bits per heavy atom. The number of allylic oxidation sites excluding steroid dienone is 4. The molecule has 0 amide bonds. The summed E-state index contributed by atoms with van der Waals surface area (Å²) in [4.78, 5) is 13.9. The van der Waals surface area contributed by atoms with Gasteiger partial charge in [0.1, 0.15) is 5.82 Å². The summed E-state index contributed by atoms with van der Waals surface area (Å²) in [7, 11) is 0. The number of hydrogen-bond acceptors (Lipinski definition) is 3. The molecule has 1 aromatic heterocycles. The van der Waals surface area contributed by atoms with Crippen LogP contribution in [0.5, 0.6) is 0 Å². The topological polar surface area (TPSA) is 38.7 Å². The van der Waals surface area contributed by atoms with E-state index in [1.807, 2.05) is 60.7 Å². The Morgan fingerprint density at radius 2 is 1.19 bits per heavy atom. The van der Waals surface area contributed by atoms with Gasteiger partial charge >= 0.3 is 0 Å². The van der Waals surface area contributed by atoms with Crippen molar-refractivity contribution < 1.29 is 4.39 Å². The molecule has 31 heavy (non-hydrogen) atoms. The molecule has 3 aromatic carbocycles. The number of halogens is 1. The van der Waals surface area contributed by atoms with Crippen molar-refractivity contribution in [2.24, 2.45) is 0 Å². The fourth-order valence-corrected chi connectivity index (χ4v) is 3.22. The molecule has 0 aliphatic carbocycles. The maximum atomic E-state index is 14.9. The van der Waals surface area contributed by atoms with Crippen molar-refractivity contribution in [3.63, 3.8) is 0 Å². The van der Waals surface area contributed by atoms with E-state index in [0.717, 1.165) is 11.1 Å². The molecule has 0 bridgehead atoms. The van der Waals surface area contributed by atoms with Crippen LogP contribution in [-0.2, 0) is 0 Å². The third-order valence-electron chi connectivity index (χ3n) is 4.75. The van der Waals surface area contributed by atoms with Crippen molar-refractivity contribution in [1.82, 2.24) is 15.0 Å². The summed E-state index contributed by atoms with van der Waals surface area (Å²) in [5.41, 5.74) is 3.40. The van der Waals surface area contributed by atoms with Crippen molar-refractivity contribution in [2.75, 3.05) is 0 Å². The second-order valence-electron chi connectivity index (χ2n) is 6.79. The number of benzene rings is 3. The van der Waals surface area contributed by atoms with E-state index >= 15 is 0 Å². The fraction of sp³-hybridized carbons (Fsp3) is 0. The predicted octanol–water partition coefficient (Wildman–Crippen LogP) is 6.77. The molecule has 150 valence electrons. The van der Waals surface area contributed by atoms with Gasteiger partial charge in [-0.05, 0) is 11.6 Å². The molecule has 0 spiro atoms. The zero-order chi connectivity index (χ0) is 21.6. The zero-order valence-electron chi connectivity index (χ0n) is 16.9. The summed E-state index contributed by atoms with van der Waals surface area (Å²) in [6.45, 7) is 7.42. The Kier molecular flexibility index (Phi) is 5.90. The molecule has 0 N–H and O–H groups in total. The predicted molar refractivity (Wildman–Crippen MR) is 124 cm³/mol. The summed E-state index contributed by atoms with van der Waals surface area (Å²) in [5, 5.41) is 0. The summed E-state index contributed by atoms with van der Waals surface area (Å²) in [6, 6.07) is 24.3. The third kappa shape index (κ3) is 4.38. The largest absolute Gasteiger partial charge is 0.208 e. The summed E-state index contributed by atoms with van der Waals surface area (Å²) in [6.07, 6.45) is 4.92. The summed E-state index contributed by atoms with van der Waals surface area (Å²) >= 11 is 0. The first-order valence-electron chi connectivity index (χ1n) is 9.82. The minimum atomic E-state index is -0.381. The molecule has 0 saturated carbocycles. The van der Waals surface area contributed by atoms with Gasteiger partial charge in [-0.15, -0.1) is 0 Å². The van der Waals surface area contributed by atoms with Crippen LogP contribution in [0.25, 0.3) is 39.7 Å². The van der Waals surface area contributed by atoms with Gasteiger partial charge in [-0.3, -0.25) is 0 Å². The summed E-state index contributed by atoms with van der Waals surface area (Å²) in [5.74, 6) is 1.10. The Bertz CT molecular complexity index is 1200. The van der Waals surface area contributed by atoms with Gasteiger partial charge in [-0.25, -0.2) is 19.3 Å². The molecule has 0 saturated heterocycles. The lowest BCUT2D eigenvalue weighted by Crippen LogP contribution is -2.00. The van der Waals surface area contributed by atoms with Crippen molar-refractivity contribution in [1.29, 1.82) is 0 Å². The fourth-order valence-electron chi connectivity index (χ4n) is 3.22. The van der Waals surface area contributed by atoms with E-state index in [2.05, 4.69) is 28.1 Å². The highest BCUT2D eigenvalue weighted by atomic mass is 19.1. The molecule has 4 aromatic rings. The van der Waals surface area contributed by atoms with Gasteiger partial charge in [-0.2, -0.15) is 0 Å². The molecule has 3 nitrogen and oxygen atoms in total. The number of rotatable bonds is 6. The summed E-state index contributed by atoms with van der Waals surface area (Å²) < 4.78 is 14.9. The van der Waals surface area contributed by atoms with Crippen molar-refractivity contribution in [2.45, 2.75) is 0 Å². The van der Waals surface area contributed by atoms with Crippen molar-refractivity contribution in [3.8, 4) is 34.2 Å². The van der Waals surface area contributed by atoms with E-state index in [-0.39, 0.29) is 5.82 Å². The van der Waals surface area contributed by atoms with Gasteiger partial charge in [0.05, 0.1) is 0 Å². The van der Waals surface area contributed by atoms with Crippen LogP contribution in [0.15, 0.2) is 110 Å². The average molecular weight is 405 g/mol. The average Bonchev–Trinajstić information content (AvgIpc) is 2.83. The Hall–Kier alpha value is -4.18. The first-order chi connectivity index (χ1) is 15.2. The van der Waals surface area contributed by atoms with Crippen LogP contribution < -0.4 is 0 Å². The van der Waals surface area contributed by atoms with E-state index in [0.29, 0.717) is 34.2 Å². The van der Waals surface area contributed by atoms with E-state index in [9.17, 15) is 4.39 Å². The van der Waals surface area contributed by atoms with Crippen LogP contribution in [0.1, 0.15) is 5.56 Å². The van der Waals surface area contributed by atoms with Gasteiger partial charge < -0.3 is 0 Å².